The fraction of sp³-hybridized carbons (Fsp3) is 0.562. The van der Waals surface area contributed by atoms with Gasteiger partial charge in [-0.05, 0) is 62.8 Å². The SMILES string of the molecule is CCNC(=S)NC[C@@H](c1ccc(OC)cc1)N1CCCC1. The van der Waals surface area contributed by atoms with Crippen LogP contribution in [0, 0.1) is 0 Å². The average Bonchev–Trinajstić information content (AvgIpc) is 3.02. The fourth-order valence-electron chi connectivity index (χ4n) is 2.75. The minimum Gasteiger partial charge on any atom is -0.497 e. The van der Waals surface area contributed by atoms with Crippen LogP contribution in [0.25, 0.3) is 0 Å². The van der Waals surface area contributed by atoms with Gasteiger partial charge in [-0.3, -0.25) is 4.90 Å². The van der Waals surface area contributed by atoms with E-state index in [4.69, 9.17) is 17.0 Å². The van der Waals surface area contributed by atoms with E-state index in [1.807, 2.05) is 12.1 Å². The summed E-state index contributed by atoms with van der Waals surface area (Å²) < 4.78 is 5.24. The molecule has 1 aliphatic heterocycles. The van der Waals surface area contributed by atoms with Crippen LogP contribution in [0.4, 0.5) is 0 Å². The van der Waals surface area contributed by atoms with Crippen molar-refractivity contribution in [1.29, 1.82) is 0 Å². The van der Waals surface area contributed by atoms with Gasteiger partial charge in [0, 0.05) is 13.1 Å². The zero-order valence-electron chi connectivity index (χ0n) is 12.9. The molecular formula is C16H25N3OS. The molecule has 5 heteroatoms. The highest BCUT2D eigenvalue weighted by Crippen LogP contribution is 2.26. The Kier molecular flexibility index (Phi) is 6.26. The van der Waals surface area contributed by atoms with E-state index in [0.29, 0.717) is 6.04 Å². The summed E-state index contributed by atoms with van der Waals surface area (Å²) in [4.78, 5) is 2.53. The monoisotopic (exact) mass is 307 g/mol. The predicted molar refractivity (Wildman–Crippen MR) is 90.8 cm³/mol. The lowest BCUT2D eigenvalue weighted by Crippen LogP contribution is -2.41. The molecule has 1 fully saturated rings. The summed E-state index contributed by atoms with van der Waals surface area (Å²) in [5.74, 6) is 0.898. The quantitative estimate of drug-likeness (QED) is 0.789. The molecule has 0 spiro atoms. The summed E-state index contributed by atoms with van der Waals surface area (Å²) in [6, 6.07) is 8.72. The molecule has 0 amide bonds. The van der Waals surface area contributed by atoms with E-state index < -0.39 is 0 Å². The Balaban J connectivity index is 2.05. The third-order valence-corrected chi connectivity index (χ3v) is 4.16. The van der Waals surface area contributed by atoms with Crippen molar-refractivity contribution < 1.29 is 4.74 Å². The van der Waals surface area contributed by atoms with Crippen LogP contribution in [0.1, 0.15) is 31.4 Å². The fourth-order valence-corrected chi connectivity index (χ4v) is 2.98. The van der Waals surface area contributed by atoms with Gasteiger partial charge in [0.25, 0.3) is 0 Å². The molecule has 1 aromatic carbocycles. The number of rotatable bonds is 6. The molecule has 1 aliphatic rings. The van der Waals surface area contributed by atoms with Crippen molar-refractivity contribution in [2.75, 3.05) is 33.3 Å². The second-order valence-electron chi connectivity index (χ2n) is 5.27. The number of benzene rings is 1. The van der Waals surface area contributed by atoms with Gasteiger partial charge >= 0.3 is 0 Å². The summed E-state index contributed by atoms with van der Waals surface area (Å²) in [7, 11) is 1.70. The summed E-state index contributed by atoms with van der Waals surface area (Å²) >= 11 is 5.27. The van der Waals surface area contributed by atoms with Crippen molar-refractivity contribution >= 4 is 17.3 Å². The zero-order chi connectivity index (χ0) is 15.1. The van der Waals surface area contributed by atoms with Crippen molar-refractivity contribution in [2.45, 2.75) is 25.8 Å². The number of hydrogen-bond donors (Lipinski definition) is 2. The number of likely N-dealkylation sites (tertiary alicyclic amines) is 1. The van der Waals surface area contributed by atoms with Gasteiger partial charge in [0.15, 0.2) is 5.11 Å². The molecular weight excluding hydrogens is 282 g/mol. The summed E-state index contributed by atoms with van der Waals surface area (Å²) in [5, 5.41) is 7.21. The van der Waals surface area contributed by atoms with Crippen molar-refractivity contribution in [1.82, 2.24) is 15.5 Å². The molecule has 4 nitrogen and oxygen atoms in total. The molecule has 0 unspecified atom stereocenters. The first-order chi connectivity index (χ1) is 10.2. The van der Waals surface area contributed by atoms with Gasteiger partial charge in [-0.1, -0.05) is 12.1 Å². The van der Waals surface area contributed by atoms with Crippen LogP contribution in [0.2, 0.25) is 0 Å². The molecule has 1 atom stereocenters. The molecule has 0 radical (unpaired) electrons. The summed E-state index contributed by atoms with van der Waals surface area (Å²) in [5.41, 5.74) is 1.31. The van der Waals surface area contributed by atoms with E-state index >= 15 is 0 Å². The van der Waals surface area contributed by atoms with Crippen LogP contribution in [0.3, 0.4) is 0 Å². The molecule has 0 saturated carbocycles. The summed E-state index contributed by atoms with van der Waals surface area (Å²) in [6.07, 6.45) is 2.56. The van der Waals surface area contributed by atoms with Gasteiger partial charge in [-0.2, -0.15) is 0 Å². The lowest BCUT2D eigenvalue weighted by molar-refractivity contribution is 0.245. The van der Waals surface area contributed by atoms with Gasteiger partial charge in [-0.25, -0.2) is 0 Å². The molecule has 2 rings (SSSR count). The Hall–Kier alpha value is -1.33. The Bertz CT molecular complexity index is 443. The number of methoxy groups -OCH3 is 1. The zero-order valence-corrected chi connectivity index (χ0v) is 13.7. The first-order valence-electron chi connectivity index (χ1n) is 7.64. The number of nitrogens with zero attached hydrogens (tertiary/aromatic N) is 1. The van der Waals surface area contributed by atoms with Crippen LogP contribution in [-0.2, 0) is 0 Å². The third-order valence-electron chi connectivity index (χ3n) is 3.88. The van der Waals surface area contributed by atoms with Crippen LogP contribution in [0.15, 0.2) is 24.3 Å². The van der Waals surface area contributed by atoms with E-state index in [1.165, 1.54) is 18.4 Å². The molecule has 0 aromatic heterocycles. The number of thiocarbonyl (C=S) groups is 1. The lowest BCUT2D eigenvalue weighted by atomic mass is 10.1. The molecule has 1 aromatic rings. The lowest BCUT2D eigenvalue weighted by Gasteiger charge is -2.28. The highest BCUT2D eigenvalue weighted by Gasteiger charge is 2.23. The smallest absolute Gasteiger partial charge is 0.166 e. The Morgan fingerprint density at radius 3 is 2.48 bits per heavy atom. The van der Waals surface area contributed by atoms with E-state index in [-0.39, 0.29) is 0 Å². The van der Waals surface area contributed by atoms with Gasteiger partial charge in [0.05, 0.1) is 13.2 Å². The van der Waals surface area contributed by atoms with E-state index in [0.717, 1.165) is 37.0 Å². The van der Waals surface area contributed by atoms with E-state index in [2.05, 4.69) is 34.6 Å². The minimum atomic E-state index is 0.356. The Labute approximate surface area is 132 Å². The van der Waals surface area contributed by atoms with Crippen molar-refractivity contribution in [3.05, 3.63) is 29.8 Å². The molecule has 0 bridgehead atoms. The predicted octanol–water partition coefficient (Wildman–Crippen LogP) is 2.32. The Morgan fingerprint density at radius 2 is 1.90 bits per heavy atom. The Morgan fingerprint density at radius 1 is 1.24 bits per heavy atom. The first-order valence-corrected chi connectivity index (χ1v) is 8.05. The maximum atomic E-state index is 5.27. The molecule has 1 saturated heterocycles. The van der Waals surface area contributed by atoms with Crippen molar-refractivity contribution in [2.24, 2.45) is 0 Å². The van der Waals surface area contributed by atoms with Crippen molar-refractivity contribution in [3.63, 3.8) is 0 Å². The highest BCUT2D eigenvalue weighted by molar-refractivity contribution is 7.80. The second-order valence-corrected chi connectivity index (χ2v) is 5.68. The normalized spacial score (nSPS) is 16.5. The topological polar surface area (TPSA) is 36.5 Å². The minimum absolute atomic E-state index is 0.356. The van der Waals surface area contributed by atoms with Crippen molar-refractivity contribution in [3.8, 4) is 5.75 Å². The van der Waals surface area contributed by atoms with Crippen LogP contribution >= 0.6 is 12.2 Å². The van der Waals surface area contributed by atoms with Crippen LogP contribution in [-0.4, -0.2) is 43.3 Å². The van der Waals surface area contributed by atoms with E-state index in [1.54, 1.807) is 7.11 Å². The molecule has 0 aliphatic carbocycles. The number of nitrogens with one attached hydrogen (secondary N) is 2. The average molecular weight is 307 g/mol. The largest absolute Gasteiger partial charge is 0.497 e. The standard InChI is InChI=1S/C16H25N3OS/c1-3-17-16(21)18-12-15(19-10-4-5-11-19)13-6-8-14(20-2)9-7-13/h6-9,15H,3-5,10-12H2,1-2H3,(H2,17,18,21)/t15-/m0/s1. The maximum absolute atomic E-state index is 5.27. The van der Waals surface area contributed by atoms with Crippen LogP contribution in [0.5, 0.6) is 5.75 Å². The number of ether oxygens (including phenoxy) is 1. The first kappa shape index (κ1) is 16.0. The van der Waals surface area contributed by atoms with Crippen LogP contribution < -0.4 is 15.4 Å². The van der Waals surface area contributed by atoms with Gasteiger partial charge in [0.1, 0.15) is 5.75 Å². The molecule has 2 N–H and O–H groups in total. The van der Waals surface area contributed by atoms with Gasteiger partial charge in [0.2, 0.25) is 0 Å². The summed E-state index contributed by atoms with van der Waals surface area (Å²) in [6.45, 7) is 6.05. The third kappa shape index (κ3) is 4.58. The highest BCUT2D eigenvalue weighted by atomic mass is 32.1. The van der Waals surface area contributed by atoms with Gasteiger partial charge < -0.3 is 15.4 Å². The molecule has 21 heavy (non-hydrogen) atoms. The number of hydrogen-bond acceptors (Lipinski definition) is 3. The molecule has 116 valence electrons. The second kappa shape index (κ2) is 8.20. The van der Waals surface area contributed by atoms with Gasteiger partial charge in [-0.15, -0.1) is 0 Å². The molecule has 1 heterocycles. The van der Waals surface area contributed by atoms with E-state index in [9.17, 15) is 0 Å². The maximum Gasteiger partial charge on any atom is 0.166 e.